The lowest BCUT2D eigenvalue weighted by Crippen LogP contribution is -2.43. The molecule has 0 amide bonds. The molecule has 1 heterocycles. The molecule has 0 aromatic rings. The molecule has 11 heavy (non-hydrogen) atoms. The molecule has 0 aromatic carbocycles. The molecule has 1 rings (SSSR count). The predicted molar refractivity (Wildman–Crippen MR) is 45.3 cm³/mol. The number of nitrogens with one attached hydrogen (secondary N) is 1. The Bertz CT molecular complexity index is 108. The van der Waals surface area contributed by atoms with E-state index in [1.165, 1.54) is 19.4 Å². The third-order valence-electron chi connectivity index (χ3n) is 2.02. The number of hydrogen-bond acceptors (Lipinski definition) is 3. The van der Waals surface area contributed by atoms with Crippen molar-refractivity contribution < 1.29 is 4.84 Å². The van der Waals surface area contributed by atoms with Crippen LogP contribution in [0.5, 0.6) is 0 Å². The molecule has 66 valence electrons. The minimum atomic E-state index is 0.536. The van der Waals surface area contributed by atoms with Crippen LogP contribution in [0.15, 0.2) is 0 Å². The number of piperidine rings is 1. The van der Waals surface area contributed by atoms with Crippen LogP contribution in [0.2, 0.25) is 0 Å². The van der Waals surface area contributed by atoms with Crippen LogP contribution in [0.3, 0.4) is 0 Å². The highest BCUT2D eigenvalue weighted by atomic mass is 16.6. The summed E-state index contributed by atoms with van der Waals surface area (Å²) in [4.78, 5) is 7.48. The van der Waals surface area contributed by atoms with Crippen molar-refractivity contribution in [3.8, 4) is 0 Å². The number of hydroxylamine groups is 1. The van der Waals surface area contributed by atoms with E-state index in [1.807, 2.05) is 6.92 Å². The number of rotatable bonds is 3. The van der Waals surface area contributed by atoms with E-state index in [0.717, 1.165) is 13.2 Å². The van der Waals surface area contributed by atoms with Gasteiger partial charge in [-0.2, -0.15) is 5.48 Å². The first-order valence-corrected chi connectivity index (χ1v) is 4.38. The quantitative estimate of drug-likeness (QED) is 0.609. The molecule has 1 atom stereocenters. The molecular formula is C8H18N2O. The van der Waals surface area contributed by atoms with Crippen LogP contribution in [0, 0.1) is 0 Å². The first-order chi connectivity index (χ1) is 5.33. The van der Waals surface area contributed by atoms with Crippen molar-refractivity contribution in [1.29, 1.82) is 0 Å². The summed E-state index contributed by atoms with van der Waals surface area (Å²) < 4.78 is 0. The minimum absolute atomic E-state index is 0.536. The Balaban J connectivity index is 2.12. The van der Waals surface area contributed by atoms with Gasteiger partial charge in [-0.05, 0) is 33.4 Å². The third kappa shape index (κ3) is 3.18. The van der Waals surface area contributed by atoms with E-state index in [9.17, 15) is 0 Å². The maximum atomic E-state index is 5.14. The Hall–Kier alpha value is -0.120. The molecule has 0 bridgehead atoms. The highest BCUT2D eigenvalue weighted by Gasteiger charge is 2.16. The summed E-state index contributed by atoms with van der Waals surface area (Å²) in [6, 6.07) is 0.536. The van der Waals surface area contributed by atoms with E-state index < -0.39 is 0 Å². The van der Waals surface area contributed by atoms with Gasteiger partial charge >= 0.3 is 0 Å². The second-order valence-corrected chi connectivity index (χ2v) is 3.15. The monoisotopic (exact) mass is 158 g/mol. The van der Waals surface area contributed by atoms with Crippen LogP contribution >= 0.6 is 0 Å². The molecule has 0 spiro atoms. The highest BCUT2D eigenvalue weighted by Crippen LogP contribution is 2.07. The van der Waals surface area contributed by atoms with Gasteiger partial charge in [0.25, 0.3) is 0 Å². The Morgan fingerprint density at radius 1 is 1.64 bits per heavy atom. The largest absolute Gasteiger partial charge is 0.305 e. The van der Waals surface area contributed by atoms with Crippen LogP contribution in [0.4, 0.5) is 0 Å². The Morgan fingerprint density at radius 3 is 3.09 bits per heavy atom. The number of hydrogen-bond donors (Lipinski definition) is 1. The van der Waals surface area contributed by atoms with Crippen molar-refractivity contribution in [3.05, 3.63) is 0 Å². The molecule has 3 nitrogen and oxygen atoms in total. The maximum absolute atomic E-state index is 5.14. The van der Waals surface area contributed by atoms with Crippen molar-refractivity contribution in [1.82, 2.24) is 10.4 Å². The lowest BCUT2D eigenvalue weighted by atomic mass is 10.1. The van der Waals surface area contributed by atoms with E-state index >= 15 is 0 Å². The molecule has 0 aliphatic carbocycles. The topological polar surface area (TPSA) is 24.5 Å². The molecule has 0 radical (unpaired) electrons. The van der Waals surface area contributed by atoms with Crippen molar-refractivity contribution >= 4 is 0 Å². The fraction of sp³-hybridized carbons (Fsp3) is 1.00. The van der Waals surface area contributed by atoms with Crippen LogP contribution in [-0.4, -0.2) is 37.7 Å². The van der Waals surface area contributed by atoms with Crippen molar-refractivity contribution in [2.24, 2.45) is 0 Å². The predicted octanol–water partition coefficient (Wildman–Crippen LogP) is 0.622. The molecule has 1 aliphatic heterocycles. The standard InChI is InChI=1S/C8H18N2O/c1-3-11-9-8-5-4-6-10(2)7-8/h8-9H,3-7H2,1-2H3. The summed E-state index contributed by atoms with van der Waals surface area (Å²) in [6.45, 7) is 5.09. The summed E-state index contributed by atoms with van der Waals surface area (Å²) in [5.41, 5.74) is 3.06. The Kier molecular flexibility index (Phi) is 3.83. The summed E-state index contributed by atoms with van der Waals surface area (Å²) in [5.74, 6) is 0. The molecule has 1 saturated heterocycles. The highest BCUT2D eigenvalue weighted by molar-refractivity contribution is 4.72. The molecule has 0 aromatic heterocycles. The second kappa shape index (κ2) is 4.70. The van der Waals surface area contributed by atoms with Crippen molar-refractivity contribution in [2.45, 2.75) is 25.8 Å². The van der Waals surface area contributed by atoms with Gasteiger partial charge < -0.3 is 9.74 Å². The van der Waals surface area contributed by atoms with E-state index in [-0.39, 0.29) is 0 Å². The van der Waals surface area contributed by atoms with Crippen LogP contribution in [0.1, 0.15) is 19.8 Å². The van der Waals surface area contributed by atoms with Crippen LogP contribution in [-0.2, 0) is 4.84 Å². The van der Waals surface area contributed by atoms with Gasteiger partial charge in [-0.3, -0.25) is 0 Å². The van der Waals surface area contributed by atoms with Gasteiger partial charge in [0, 0.05) is 12.6 Å². The second-order valence-electron chi connectivity index (χ2n) is 3.15. The van der Waals surface area contributed by atoms with E-state index in [1.54, 1.807) is 0 Å². The molecule has 1 unspecified atom stereocenters. The van der Waals surface area contributed by atoms with Crippen LogP contribution in [0.25, 0.3) is 0 Å². The fourth-order valence-corrected chi connectivity index (χ4v) is 1.46. The first kappa shape index (κ1) is 8.97. The van der Waals surface area contributed by atoms with Crippen molar-refractivity contribution in [2.75, 3.05) is 26.7 Å². The average molecular weight is 158 g/mol. The zero-order valence-corrected chi connectivity index (χ0v) is 7.47. The maximum Gasteiger partial charge on any atom is 0.0654 e. The molecule has 0 saturated carbocycles. The number of nitrogens with zero attached hydrogens (tertiary/aromatic N) is 1. The Labute approximate surface area is 68.7 Å². The van der Waals surface area contributed by atoms with Gasteiger partial charge in [0.1, 0.15) is 0 Å². The zero-order chi connectivity index (χ0) is 8.10. The summed E-state index contributed by atoms with van der Waals surface area (Å²) in [5, 5.41) is 0. The van der Waals surface area contributed by atoms with Gasteiger partial charge in [-0.25, -0.2) is 0 Å². The third-order valence-corrected chi connectivity index (χ3v) is 2.02. The summed E-state index contributed by atoms with van der Waals surface area (Å²) >= 11 is 0. The normalized spacial score (nSPS) is 27.3. The lowest BCUT2D eigenvalue weighted by Gasteiger charge is -2.29. The van der Waals surface area contributed by atoms with Gasteiger partial charge in [0.05, 0.1) is 6.61 Å². The SMILES string of the molecule is CCONC1CCCN(C)C1. The average Bonchev–Trinajstić information content (AvgIpc) is 2.01. The van der Waals surface area contributed by atoms with Gasteiger partial charge in [-0.15, -0.1) is 0 Å². The zero-order valence-electron chi connectivity index (χ0n) is 7.47. The number of likely N-dealkylation sites (N-methyl/N-ethyl adjacent to an activating group) is 1. The summed E-state index contributed by atoms with van der Waals surface area (Å²) in [6.07, 6.45) is 2.52. The molecule has 3 heteroatoms. The molecule has 1 N–H and O–H groups in total. The van der Waals surface area contributed by atoms with E-state index in [2.05, 4.69) is 17.4 Å². The van der Waals surface area contributed by atoms with E-state index in [4.69, 9.17) is 4.84 Å². The number of likely N-dealkylation sites (tertiary alicyclic amines) is 1. The smallest absolute Gasteiger partial charge is 0.0654 e. The molecule has 1 fully saturated rings. The van der Waals surface area contributed by atoms with E-state index in [0.29, 0.717) is 6.04 Å². The fourth-order valence-electron chi connectivity index (χ4n) is 1.46. The van der Waals surface area contributed by atoms with Gasteiger partial charge in [0.15, 0.2) is 0 Å². The minimum Gasteiger partial charge on any atom is -0.305 e. The van der Waals surface area contributed by atoms with Crippen molar-refractivity contribution in [3.63, 3.8) is 0 Å². The molecule has 1 aliphatic rings. The van der Waals surface area contributed by atoms with Gasteiger partial charge in [-0.1, -0.05) is 0 Å². The van der Waals surface area contributed by atoms with Gasteiger partial charge in [0.2, 0.25) is 0 Å². The van der Waals surface area contributed by atoms with Crippen LogP contribution < -0.4 is 5.48 Å². The molecular weight excluding hydrogens is 140 g/mol. The lowest BCUT2D eigenvalue weighted by molar-refractivity contribution is 0.00606. The Morgan fingerprint density at radius 2 is 2.45 bits per heavy atom. The first-order valence-electron chi connectivity index (χ1n) is 4.38. The summed E-state index contributed by atoms with van der Waals surface area (Å²) in [7, 11) is 2.15.